The smallest absolute Gasteiger partial charge is 0.262 e. The summed E-state index contributed by atoms with van der Waals surface area (Å²) in [6.07, 6.45) is 2.66. The molecule has 1 aliphatic carbocycles. The van der Waals surface area contributed by atoms with E-state index in [1.165, 1.54) is 0 Å². The first-order valence-electron chi connectivity index (χ1n) is 10.9. The maximum absolute atomic E-state index is 13.1. The van der Waals surface area contributed by atoms with Crippen molar-refractivity contribution in [3.8, 4) is 6.07 Å². The van der Waals surface area contributed by atoms with Crippen molar-refractivity contribution in [3.63, 3.8) is 0 Å². The van der Waals surface area contributed by atoms with E-state index in [2.05, 4.69) is 6.07 Å². The van der Waals surface area contributed by atoms with Crippen molar-refractivity contribution in [2.75, 3.05) is 5.75 Å². The third-order valence-corrected chi connectivity index (χ3v) is 7.07. The van der Waals surface area contributed by atoms with Crippen molar-refractivity contribution in [1.82, 2.24) is 9.55 Å². The van der Waals surface area contributed by atoms with Crippen molar-refractivity contribution < 1.29 is 0 Å². The summed E-state index contributed by atoms with van der Waals surface area (Å²) in [5, 5.41) is 11.8. The van der Waals surface area contributed by atoms with E-state index in [-0.39, 0.29) is 11.6 Å². The van der Waals surface area contributed by atoms with Gasteiger partial charge < -0.3 is 0 Å². The third kappa shape index (κ3) is 3.72. The maximum Gasteiger partial charge on any atom is 0.262 e. The molecule has 1 aliphatic rings. The van der Waals surface area contributed by atoms with Gasteiger partial charge >= 0.3 is 0 Å². The summed E-state index contributed by atoms with van der Waals surface area (Å²) in [7, 11) is 0. The largest absolute Gasteiger partial charge is 0.284 e. The van der Waals surface area contributed by atoms with Gasteiger partial charge in [-0.3, -0.25) is 9.36 Å². The molecule has 1 fully saturated rings. The number of hydrogen-bond donors (Lipinski definition) is 0. The van der Waals surface area contributed by atoms with Gasteiger partial charge in [0.05, 0.1) is 17.0 Å². The lowest BCUT2D eigenvalue weighted by molar-refractivity contribution is 0.612. The molecule has 0 spiro atoms. The van der Waals surface area contributed by atoms with Gasteiger partial charge in [0.25, 0.3) is 5.56 Å². The Morgan fingerprint density at radius 2 is 1.53 bits per heavy atom. The number of aromatic nitrogens is 2. The predicted molar refractivity (Wildman–Crippen MR) is 129 cm³/mol. The number of thioether (sulfide) groups is 1. The monoisotopic (exact) mass is 437 g/mol. The van der Waals surface area contributed by atoms with Crippen LogP contribution < -0.4 is 5.56 Å². The minimum Gasteiger partial charge on any atom is -0.284 e. The quantitative estimate of drug-likeness (QED) is 0.274. The van der Waals surface area contributed by atoms with Crippen LogP contribution in [-0.2, 0) is 5.41 Å². The fourth-order valence-electron chi connectivity index (χ4n) is 4.26. The van der Waals surface area contributed by atoms with Crippen molar-refractivity contribution in [2.24, 2.45) is 0 Å². The van der Waals surface area contributed by atoms with Crippen LogP contribution in [0.3, 0.4) is 0 Å². The fraction of sp³-hybridized carbons (Fsp3) is 0.222. The molecule has 0 atom stereocenters. The van der Waals surface area contributed by atoms with E-state index in [1.54, 1.807) is 11.8 Å². The summed E-state index contributed by atoms with van der Waals surface area (Å²) >= 11 is 1.58. The van der Waals surface area contributed by atoms with Gasteiger partial charge in [-0.2, -0.15) is 5.26 Å². The summed E-state index contributed by atoms with van der Waals surface area (Å²) in [5.74, 6) is 0.675. The number of fused-ring (bicyclic) bond motifs is 1. The highest BCUT2D eigenvalue weighted by atomic mass is 32.2. The Hall–Kier alpha value is -3.36. The average molecular weight is 438 g/mol. The zero-order chi connectivity index (χ0) is 22.0. The first-order valence-corrected chi connectivity index (χ1v) is 11.9. The summed E-state index contributed by atoms with van der Waals surface area (Å²) in [6, 6.07) is 30.4. The lowest BCUT2D eigenvalue weighted by Gasteiger charge is -2.28. The summed E-state index contributed by atoms with van der Waals surface area (Å²) in [5.41, 5.74) is 1.99. The van der Waals surface area contributed by atoms with E-state index < -0.39 is 5.41 Å². The normalized spacial score (nSPS) is 13.7. The van der Waals surface area contributed by atoms with Crippen LogP contribution in [0.4, 0.5) is 0 Å². The van der Waals surface area contributed by atoms with E-state index in [0.29, 0.717) is 17.6 Å². The molecule has 3 aromatic carbocycles. The zero-order valence-corrected chi connectivity index (χ0v) is 18.5. The molecule has 4 nitrogen and oxygen atoms in total. The topological polar surface area (TPSA) is 58.7 Å². The second-order valence-electron chi connectivity index (χ2n) is 8.17. The molecule has 0 bridgehead atoms. The standard InChI is InChI=1S/C27H23N3OS/c28-19-27(20-9-3-1-4-10-20,21-11-5-2-6-12-21)17-18-32-26-29-24-14-8-7-13-23(24)25(31)30(26)22-15-16-22/h1-14,22H,15-18H2. The first-order chi connectivity index (χ1) is 15.7. The summed E-state index contributed by atoms with van der Waals surface area (Å²) in [4.78, 5) is 18.0. The highest BCUT2D eigenvalue weighted by Crippen LogP contribution is 2.39. The SMILES string of the molecule is N#CC(CCSc1nc2ccccc2c(=O)n1C1CC1)(c1ccccc1)c1ccccc1. The van der Waals surface area contributed by atoms with Crippen LogP contribution in [-0.4, -0.2) is 15.3 Å². The molecule has 0 saturated heterocycles. The fourth-order valence-corrected chi connectivity index (χ4v) is 5.39. The highest BCUT2D eigenvalue weighted by molar-refractivity contribution is 7.99. The molecular weight excluding hydrogens is 414 g/mol. The Morgan fingerprint density at radius 1 is 0.938 bits per heavy atom. The molecule has 158 valence electrons. The van der Waals surface area contributed by atoms with Gasteiger partial charge in [0.15, 0.2) is 5.16 Å². The van der Waals surface area contributed by atoms with Crippen LogP contribution in [0.2, 0.25) is 0 Å². The molecule has 1 saturated carbocycles. The molecule has 5 rings (SSSR count). The number of nitriles is 1. The van der Waals surface area contributed by atoms with Gasteiger partial charge in [0.1, 0.15) is 5.41 Å². The van der Waals surface area contributed by atoms with Crippen LogP contribution in [0.5, 0.6) is 0 Å². The van der Waals surface area contributed by atoms with Crippen LogP contribution in [0.1, 0.15) is 36.4 Å². The number of rotatable bonds is 7. The zero-order valence-electron chi connectivity index (χ0n) is 17.6. The molecule has 0 amide bonds. The number of hydrogen-bond acceptors (Lipinski definition) is 4. The van der Waals surface area contributed by atoms with Gasteiger partial charge in [-0.1, -0.05) is 84.6 Å². The van der Waals surface area contributed by atoms with E-state index in [9.17, 15) is 10.1 Å². The predicted octanol–water partition coefficient (Wildman–Crippen LogP) is 5.72. The van der Waals surface area contributed by atoms with Crippen LogP contribution in [0, 0.1) is 11.3 Å². The van der Waals surface area contributed by atoms with Gasteiger partial charge in [-0.25, -0.2) is 4.98 Å². The number of para-hydroxylation sites is 1. The van der Waals surface area contributed by atoms with Gasteiger partial charge in [0.2, 0.25) is 0 Å². The molecule has 0 aliphatic heterocycles. The van der Waals surface area contributed by atoms with Gasteiger partial charge in [-0.15, -0.1) is 0 Å². The first kappa shape index (κ1) is 20.5. The maximum atomic E-state index is 13.1. The third-order valence-electron chi connectivity index (χ3n) is 6.12. The Labute approximate surface area is 191 Å². The second kappa shape index (κ2) is 8.64. The van der Waals surface area contributed by atoms with Gasteiger partial charge in [-0.05, 0) is 42.5 Å². The lowest BCUT2D eigenvalue weighted by atomic mass is 9.74. The van der Waals surface area contributed by atoms with Gasteiger partial charge in [0, 0.05) is 11.8 Å². The summed E-state index contributed by atoms with van der Waals surface area (Å²) < 4.78 is 1.87. The van der Waals surface area contributed by atoms with Crippen molar-refractivity contribution >= 4 is 22.7 Å². The van der Waals surface area contributed by atoms with E-state index >= 15 is 0 Å². The molecule has 4 aromatic rings. The summed E-state index contributed by atoms with van der Waals surface area (Å²) in [6.45, 7) is 0. The molecule has 32 heavy (non-hydrogen) atoms. The van der Waals surface area contributed by atoms with Crippen molar-refractivity contribution in [3.05, 3.63) is 106 Å². The van der Waals surface area contributed by atoms with Crippen molar-refractivity contribution in [2.45, 2.75) is 35.9 Å². The lowest BCUT2D eigenvalue weighted by Crippen LogP contribution is -2.27. The minimum atomic E-state index is -0.753. The second-order valence-corrected chi connectivity index (χ2v) is 9.23. The number of nitrogens with zero attached hydrogens (tertiary/aromatic N) is 3. The molecule has 1 aromatic heterocycles. The Bertz CT molecular complexity index is 1300. The van der Waals surface area contributed by atoms with Crippen LogP contribution in [0.15, 0.2) is 94.9 Å². The Morgan fingerprint density at radius 3 is 2.12 bits per heavy atom. The molecule has 1 heterocycles. The van der Waals surface area contributed by atoms with E-state index in [4.69, 9.17) is 4.98 Å². The molecule has 0 unspecified atom stereocenters. The highest BCUT2D eigenvalue weighted by Gasteiger charge is 2.35. The Balaban J connectivity index is 1.49. The van der Waals surface area contributed by atoms with Crippen molar-refractivity contribution in [1.29, 1.82) is 5.26 Å². The molecule has 0 N–H and O–H groups in total. The minimum absolute atomic E-state index is 0.0401. The van der Waals surface area contributed by atoms with E-state index in [0.717, 1.165) is 34.6 Å². The average Bonchev–Trinajstić information content (AvgIpc) is 3.68. The van der Waals surface area contributed by atoms with Crippen LogP contribution >= 0.6 is 11.8 Å². The number of benzene rings is 3. The molecule has 0 radical (unpaired) electrons. The molecular formula is C27H23N3OS. The molecule has 5 heteroatoms. The van der Waals surface area contributed by atoms with Crippen LogP contribution in [0.25, 0.3) is 10.9 Å². The van der Waals surface area contributed by atoms with E-state index in [1.807, 2.05) is 89.5 Å². The Kier molecular flexibility index (Phi) is 5.55.